The van der Waals surface area contributed by atoms with Crippen LogP contribution in [0.1, 0.15) is 10.4 Å². The van der Waals surface area contributed by atoms with E-state index in [1.54, 1.807) is 34.8 Å². The summed E-state index contributed by atoms with van der Waals surface area (Å²) in [5.74, 6) is 1.65. The largest absolute Gasteiger partial charge is 0.497 e. The molecule has 170 valence electrons. The predicted molar refractivity (Wildman–Crippen MR) is 130 cm³/mol. The molecule has 3 aromatic rings. The first kappa shape index (κ1) is 21.9. The van der Waals surface area contributed by atoms with Crippen LogP contribution < -0.4 is 10.3 Å². The van der Waals surface area contributed by atoms with E-state index in [1.165, 1.54) is 10.4 Å². The van der Waals surface area contributed by atoms with Gasteiger partial charge in [-0.3, -0.25) is 14.3 Å². The molecule has 2 aliphatic rings. The number of ether oxygens (including phenoxy) is 2. The minimum atomic E-state index is 0.0380. The lowest BCUT2D eigenvalue weighted by molar-refractivity contribution is 0.0410. The van der Waals surface area contributed by atoms with E-state index < -0.39 is 0 Å². The van der Waals surface area contributed by atoms with Crippen LogP contribution in [0.2, 0.25) is 0 Å². The first-order valence-corrected chi connectivity index (χ1v) is 12.8. The van der Waals surface area contributed by atoms with Gasteiger partial charge in [0.1, 0.15) is 10.6 Å². The van der Waals surface area contributed by atoms with Crippen LogP contribution in [-0.4, -0.2) is 78.7 Å². The highest BCUT2D eigenvalue weighted by Gasteiger charge is 2.24. The Labute approximate surface area is 195 Å². The molecule has 1 fully saturated rings. The second kappa shape index (κ2) is 9.52. The summed E-state index contributed by atoms with van der Waals surface area (Å²) in [6, 6.07) is 7.66. The van der Waals surface area contributed by atoms with E-state index in [2.05, 4.69) is 16.8 Å². The molecule has 0 spiro atoms. The van der Waals surface area contributed by atoms with Crippen LogP contribution in [0.5, 0.6) is 5.75 Å². The number of thiophene rings is 1. The lowest BCUT2D eigenvalue weighted by Gasteiger charge is -2.26. The van der Waals surface area contributed by atoms with Crippen molar-refractivity contribution < 1.29 is 9.47 Å². The van der Waals surface area contributed by atoms with Crippen LogP contribution in [0.3, 0.4) is 0 Å². The Bertz CT molecular complexity index is 1150. The monoisotopic (exact) mass is 472 g/mol. The molecule has 0 atom stereocenters. The van der Waals surface area contributed by atoms with Crippen LogP contribution in [-0.2, 0) is 17.7 Å². The van der Waals surface area contributed by atoms with E-state index >= 15 is 0 Å². The van der Waals surface area contributed by atoms with Crippen molar-refractivity contribution in [2.24, 2.45) is 0 Å². The van der Waals surface area contributed by atoms with Crippen molar-refractivity contribution in [3.63, 3.8) is 0 Å². The number of aromatic nitrogens is 2. The van der Waals surface area contributed by atoms with Gasteiger partial charge >= 0.3 is 0 Å². The second-order valence-corrected chi connectivity index (χ2v) is 10.4. The predicted octanol–water partition coefficient (Wildman–Crippen LogP) is 2.87. The quantitative estimate of drug-likeness (QED) is 0.404. The van der Waals surface area contributed by atoms with Crippen LogP contribution >= 0.6 is 23.1 Å². The van der Waals surface area contributed by atoms with Crippen molar-refractivity contribution >= 4 is 33.3 Å². The normalized spacial score (nSPS) is 17.6. The van der Waals surface area contributed by atoms with Gasteiger partial charge in [0.25, 0.3) is 5.56 Å². The molecule has 0 radical (unpaired) electrons. The summed E-state index contributed by atoms with van der Waals surface area (Å²) in [7, 11) is 3.78. The highest BCUT2D eigenvalue weighted by molar-refractivity contribution is 7.99. The van der Waals surface area contributed by atoms with E-state index in [-0.39, 0.29) is 5.56 Å². The molecule has 2 aromatic heterocycles. The molecule has 9 heteroatoms. The van der Waals surface area contributed by atoms with E-state index in [0.717, 1.165) is 84.9 Å². The van der Waals surface area contributed by atoms with Crippen molar-refractivity contribution in [1.29, 1.82) is 0 Å². The van der Waals surface area contributed by atoms with Crippen molar-refractivity contribution in [3.8, 4) is 11.4 Å². The van der Waals surface area contributed by atoms with Gasteiger partial charge in [-0.2, -0.15) is 0 Å². The van der Waals surface area contributed by atoms with Gasteiger partial charge in [-0.15, -0.1) is 11.3 Å². The molecule has 7 nitrogen and oxygen atoms in total. The fourth-order valence-corrected chi connectivity index (χ4v) is 6.65. The van der Waals surface area contributed by atoms with Crippen molar-refractivity contribution in [3.05, 3.63) is 45.1 Å². The number of methoxy groups -OCH3 is 1. The van der Waals surface area contributed by atoms with Crippen LogP contribution in [0.15, 0.2) is 34.2 Å². The highest BCUT2D eigenvalue weighted by atomic mass is 32.2. The molecule has 0 saturated carbocycles. The Hall–Kier alpha value is -1.91. The molecule has 0 bridgehead atoms. The number of likely N-dealkylation sites (N-methyl/N-ethyl adjacent to an activating group) is 1. The Morgan fingerprint density at radius 1 is 1.19 bits per heavy atom. The van der Waals surface area contributed by atoms with Gasteiger partial charge in [-0.1, -0.05) is 11.8 Å². The fraction of sp³-hybridized carbons (Fsp3) is 0.478. The SMILES string of the molecule is COc1ccc(-n2c(SCCN3CCOCC3)nc3sc4c(c3c2=O)CCN(C)C4)cc1. The van der Waals surface area contributed by atoms with E-state index in [9.17, 15) is 4.79 Å². The lowest BCUT2D eigenvalue weighted by atomic mass is 10.1. The molecule has 1 saturated heterocycles. The van der Waals surface area contributed by atoms with E-state index in [0.29, 0.717) is 0 Å². The molecule has 0 N–H and O–H groups in total. The Balaban J connectivity index is 1.54. The zero-order valence-electron chi connectivity index (χ0n) is 18.5. The number of fused-ring (bicyclic) bond motifs is 3. The summed E-state index contributed by atoms with van der Waals surface area (Å²) in [5, 5.41) is 1.55. The third-order valence-corrected chi connectivity index (χ3v) is 8.14. The summed E-state index contributed by atoms with van der Waals surface area (Å²) in [5.41, 5.74) is 2.05. The van der Waals surface area contributed by atoms with Crippen LogP contribution in [0.25, 0.3) is 15.9 Å². The van der Waals surface area contributed by atoms with Gasteiger partial charge in [0.15, 0.2) is 5.16 Å². The molecule has 0 aliphatic carbocycles. The third kappa shape index (κ3) is 4.32. The average Bonchev–Trinajstić information content (AvgIpc) is 3.17. The standard InChI is InChI=1S/C23H28N4O3S2/c1-25-8-7-18-19(15-25)32-21-20(18)22(28)27(16-3-5-17(29-2)6-4-16)23(24-21)31-14-11-26-9-12-30-13-10-26/h3-6H,7-15H2,1-2H3. The van der Waals surface area contributed by atoms with Gasteiger partial charge < -0.3 is 14.4 Å². The zero-order chi connectivity index (χ0) is 22.1. The molecule has 0 unspecified atom stereocenters. The number of hydrogen-bond donors (Lipinski definition) is 0. The first-order valence-electron chi connectivity index (χ1n) is 11.0. The topological polar surface area (TPSA) is 59.8 Å². The summed E-state index contributed by atoms with van der Waals surface area (Å²) in [6.45, 7) is 6.32. The smallest absolute Gasteiger partial charge is 0.267 e. The second-order valence-electron chi connectivity index (χ2n) is 8.21. The summed E-state index contributed by atoms with van der Waals surface area (Å²) in [4.78, 5) is 25.7. The summed E-state index contributed by atoms with van der Waals surface area (Å²) >= 11 is 3.33. The maximum atomic E-state index is 13.8. The number of morpholine rings is 1. The Morgan fingerprint density at radius 2 is 1.97 bits per heavy atom. The maximum Gasteiger partial charge on any atom is 0.267 e. The summed E-state index contributed by atoms with van der Waals surface area (Å²) in [6.07, 6.45) is 0.898. The number of thioether (sulfide) groups is 1. The van der Waals surface area contributed by atoms with Gasteiger partial charge in [0.2, 0.25) is 0 Å². The third-order valence-electron chi connectivity index (χ3n) is 6.11. The van der Waals surface area contributed by atoms with Gasteiger partial charge in [0.05, 0.1) is 31.4 Å². The molecule has 1 aromatic carbocycles. The lowest BCUT2D eigenvalue weighted by Crippen LogP contribution is -2.37. The van der Waals surface area contributed by atoms with Crippen LogP contribution in [0, 0.1) is 0 Å². The molecular formula is C23H28N4O3S2. The van der Waals surface area contributed by atoms with Crippen molar-refractivity contribution in [1.82, 2.24) is 19.4 Å². The molecule has 2 aliphatic heterocycles. The minimum Gasteiger partial charge on any atom is -0.497 e. The fourth-order valence-electron chi connectivity index (χ4n) is 4.30. The molecule has 32 heavy (non-hydrogen) atoms. The van der Waals surface area contributed by atoms with Gasteiger partial charge in [-0.05, 0) is 43.3 Å². The van der Waals surface area contributed by atoms with Gasteiger partial charge in [-0.25, -0.2) is 4.98 Å². The zero-order valence-corrected chi connectivity index (χ0v) is 20.1. The number of hydrogen-bond acceptors (Lipinski definition) is 8. The Kier molecular flexibility index (Phi) is 6.52. The number of benzene rings is 1. The maximum absolute atomic E-state index is 13.8. The van der Waals surface area contributed by atoms with E-state index in [4.69, 9.17) is 14.5 Å². The Morgan fingerprint density at radius 3 is 2.72 bits per heavy atom. The molecule has 5 rings (SSSR count). The number of rotatable bonds is 6. The minimum absolute atomic E-state index is 0.0380. The van der Waals surface area contributed by atoms with E-state index in [1.807, 2.05) is 24.3 Å². The molecule has 0 amide bonds. The first-order chi connectivity index (χ1) is 15.6. The van der Waals surface area contributed by atoms with Crippen molar-refractivity contribution in [2.75, 3.05) is 59.3 Å². The average molecular weight is 473 g/mol. The molecular weight excluding hydrogens is 444 g/mol. The molecule has 4 heterocycles. The summed E-state index contributed by atoms with van der Waals surface area (Å²) < 4.78 is 12.6. The van der Waals surface area contributed by atoms with Crippen LogP contribution in [0.4, 0.5) is 0 Å². The number of nitrogens with zero attached hydrogens (tertiary/aromatic N) is 4. The van der Waals surface area contributed by atoms with Gasteiger partial charge in [0, 0.05) is 43.4 Å². The highest BCUT2D eigenvalue weighted by Crippen LogP contribution is 2.34. The van der Waals surface area contributed by atoms with Crippen molar-refractivity contribution in [2.45, 2.75) is 18.1 Å².